The van der Waals surface area contributed by atoms with Crippen LogP contribution in [0.3, 0.4) is 0 Å². The molecule has 178 valence electrons. The number of hydrogen-bond acceptors (Lipinski definition) is 9. The third kappa shape index (κ3) is 4.09. The van der Waals surface area contributed by atoms with E-state index in [9.17, 15) is 19.6 Å². The summed E-state index contributed by atoms with van der Waals surface area (Å²) in [6.45, 7) is 14.2. The predicted molar refractivity (Wildman–Crippen MR) is 115 cm³/mol. The minimum atomic E-state index is -2.54. The van der Waals surface area contributed by atoms with Crippen molar-refractivity contribution in [3.8, 4) is 6.07 Å². The Morgan fingerprint density at radius 2 is 1.72 bits per heavy atom. The monoisotopic (exact) mass is 467 g/mol. The average molecular weight is 468 g/mol. The second kappa shape index (κ2) is 8.61. The van der Waals surface area contributed by atoms with Crippen molar-refractivity contribution in [2.24, 2.45) is 17.3 Å². The van der Waals surface area contributed by atoms with E-state index in [0.29, 0.717) is 0 Å². The van der Waals surface area contributed by atoms with Gasteiger partial charge in [-0.1, -0.05) is 27.4 Å². The fourth-order valence-electron chi connectivity index (χ4n) is 4.25. The molecule has 0 aromatic carbocycles. The molecule has 2 fully saturated rings. The Bertz CT molecular complexity index is 857. The van der Waals surface area contributed by atoms with Crippen molar-refractivity contribution in [3.63, 3.8) is 0 Å². The number of hydrogen-bond donors (Lipinski definition) is 0. The van der Waals surface area contributed by atoms with Crippen LogP contribution >= 0.6 is 0 Å². The van der Waals surface area contributed by atoms with Crippen molar-refractivity contribution in [3.05, 3.63) is 12.2 Å². The van der Waals surface area contributed by atoms with E-state index in [4.69, 9.17) is 23.4 Å². The maximum absolute atomic E-state index is 12.8. The van der Waals surface area contributed by atoms with Crippen LogP contribution in [0.5, 0.6) is 0 Å². The van der Waals surface area contributed by atoms with Gasteiger partial charge in [-0.15, -0.1) is 0 Å². The molecule has 0 aliphatic carbocycles. The van der Waals surface area contributed by atoms with Gasteiger partial charge in [0.2, 0.25) is 0 Å². The van der Waals surface area contributed by atoms with Crippen molar-refractivity contribution in [1.29, 1.82) is 5.26 Å². The van der Waals surface area contributed by atoms with Crippen LogP contribution in [0.1, 0.15) is 33.6 Å². The summed E-state index contributed by atoms with van der Waals surface area (Å²) < 4.78 is 27.7. The van der Waals surface area contributed by atoms with Gasteiger partial charge in [0.25, 0.3) is 0 Å². The number of ether oxygens (including phenoxy) is 4. The molecule has 32 heavy (non-hydrogen) atoms. The second-order valence-electron chi connectivity index (χ2n) is 9.93. The molecule has 2 saturated heterocycles. The van der Waals surface area contributed by atoms with Crippen molar-refractivity contribution in [2.45, 2.75) is 63.6 Å². The Hall–Kier alpha value is -2.22. The highest BCUT2D eigenvalue weighted by atomic mass is 28.4. The van der Waals surface area contributed by atoms with Gasteiger partial charge in [-0.2, -0.15) is 5.26 Å². The van der Waals surface area contributed by atoms with Crippen LogP contribution < -0.4 is 0 Å². The first-order chi connectivity index (χ1) is 14.6. The fraction of sp³-hybridized carbons (Fsp3) is 0.727. The smallest absolute Gasteiger partial charge is 0.313 e. The lowest BCUT2D eigenvalue weighted by Crippen LogP contribution is -2.57. The lowest BCUT2D eigenvalue weighted by Gasteiger charge is -2.48. The maximum atomic E-state index is 12.8. The lowest BCUT2D eigenvalue weighted by molar-refractivity contribution is -0.211. The zero-order chi connectivity index (χ0) is 24.7. The van der Waals surface area contributed by atoms with Crippen LogP contribution in [0.15, 0.2) is 12.2 Å². The largest absolute Gasteiger partial charge is 0.469 e. The molecule has 0 amide bonds. The molecule has 2 bridgehead atoms. The molecule has 0 aromatic rings. The summed E-state index contributed by atoms with van der Waals surface area (Å²) in [6.07, 6.45) is -1.59. The lowest BCUT2D eigenvalue weighted by atomic mass is 9.72. The molecule has 5 atom stereocenters. The predicted octanol–water partition coefficient (Wildman–Crippen LogP) is 2.71. The Morgan fingerprint density at radius 3 is 2.16 bits per heavy atom. The van der Waals surface area contributed by atoms with Gasteiger partial charge in [0.05, 0.1) is 45.8 Å². The van der Waals surface area contributed by atoms with Gasteiger partial charge in [0.1, 0.15) is 11.3 Å². The van der Waals surface area contributed by atoms with E-state index in [2.05, 4.69) is 12.6 Å². The van der Waals surface area contributed by atoms with Gasteiger partial charge in [0.15, 0.2) is 14.1 Å². The molecule has 0 aromatic heterocycles. The van der Waals surface area contributed by atoms with Crippen LogP contribution in [0.2, 0.25) is 18.1 Å². The first-order valence-electron chi connectivity index (χ1n) is 10.4. The Kier molecular flexibility index (Phi) is 7.01. The van der Waals surface area contributed by atoms with E-state index >= 15 is 0 Å². The average Bonchev–Trinajstić information content (AvgIpc) is 2.99. The highest BCUT2D eigenvalue weighted by molar-refractivity contribution is 6.74. The highest BCUT2D eigenvalue weighted by Crippen LogP contribution is 2.61. The molecule has 2 heterocycles. The maximum Gasteiger partial charge on any atom is 0.313 e. The van der Waals surface area contributed by atoms with E-state index < -0.39 is 55.4 Å². The molecule has 2 rings (SSSR count). The van der Waals surface area contributed by atoms with Gasteiger partial charge < -0.3 is 23.4 Å². The topological polar surface area (TPSA) is 121 Å². The minimum Gasteiger partial charge on any atom is -0.469 e. The number of methoxy groups -OCH3 is 3. The van der Waals surface area contributed by atoms with E-state index in [0.717, 1.165) is 0 Å². The first-order valence-corrected chi connectivity index (χ1v) is 13.3. The molecule has 0 radical (unpaired) electrons. The molecule has 0 N–H and O–H groups in total. The van der Waals surface area contributed by atoms with Gasteiger partial charge >= 0.3 is 17.9 Å². The third-order valence-electron chi connectivity index (χ3n) is 7.02. The molecule has 0 saturated carbocycles. The number of carbonyl (C=O) groups is 3. The SMILES string of the molecule is C=C1[C@H](C(=O)OC)[C@@H](C(=O)OC)[C@H]2O[C@]1(O[Si](C)(C)C(C)(C)C)CC2(C#N)CC(=O)OC. The van der Waals surface area contributed by atoms with Crippen molar-refractivity contribution in [2.75, 3.05) is 21.3 Å². The Labute approximate surface area is 190 Å². The van der Waals surface area contributed by atoms with Crippen molar-refractivity contribution in [1.82, 2.24) is 0 Å². The number of nitrogens with zero attached hydrogens (tertiary/aromatic N) is 1. The first kappa shape index (κ1) is 26.0. The number of esters is 3. The zero-order valence-corrected chi connectivity index (χ0v) is 21.1. The van der Waals surface area contributed by atoms with Crippen LogP contribution in [0.4, 0.5) is 0 Å². The number of nitriles is 1. The number of fused-ring (bicyclic) bond motifs is 2. The number of rotatable bonds is 6. The Balaban J connectivity index is 2.75. The summed E-state index contributed by atoms with van der Waals surface area (Å²) in [7, 11) is 1.06. The van der Waals surface area contributed by atoms with Gasteiger partial charge in [-0.3, -0.25) is 14.4 Å². The second-order valence-corrected chi connectivity index (χ2v) is 14.7. The van der Waals surface area contributed by atoms with Crippen LogP contribution in [0.25, 0.3) is 0 Å². The van der Waals surface area contributed by atoms with Gasteiger partial charge in [-0.05, 0) is 23.7 Å². The highest BCUT2D eigenvalue weighted by Gasteiger charge is 2.71. The van der Waals surface area contributed by atoms with Crippen molar-refractivity contribution >= 4 is 26.2 Å². The summed E-state index contributed by atoms with van der Waals surface area (Å²) in [5.74, 6) is -6.06. The van der Waals surface area contributed by atoms with Gasteiger partial charge in [-0.25, -0.2) is 0 Å². The molecular weight excluding hydrogens is 434 g/mol. The van der Waals surface area contributed by atoms with E-state index in [-0.39, 0.29) is 23.5 Å². The summed E-state index contributed by atoms with van der Waals surface area (Å²) >= 11 is 0. The van der Waals surface area contributed by atoms with Crippen LogP contribution in [-0.2, 0) is 37.8 Å². The molecule has 1 unspecified atom stereocenters. The molecule has 2 aliphatic rings. The zero-order valence-electron chi connectivity index (χ0n) is 20.1. The summed E-state index contributed by atoms with van der Waals surface area (Å²) in [5, 5.41) is 10.0. The summed E-state index contributed by atoms with van der Waals surface area (Å²) in [4.78, 5) is 38.0. The normalized spacial score (nSPS) is 32.1. The third-order valence-corrected chi connectivity index (χ3v) is 11.5. The van der Waals surface area contributed by atoms with Crippen LogP contribution in [0, 0.1) is 28.6 Å². The molecule has 10 heteroatoms. The van der Waals surface area contributed by atoms with Crippen molar-refractivity contribution < 1.29 is 37.8 Å². The quantitative estimate of drug-likeness (QED) is 0.251. The number of carbonyl (C=O) groups excluding carboxylic acids is 3. The standard InChI is InChI=1S/C22H33NO8Si/c1-13-15(18(25)28-6)16(19(26)29-7)17-21(12-23,10-14(24)27-5)11-22(13,30-17)31-32(8,9)20(2,3)4/h15-17H,1,10-11H2,2-9H3/t15-,16+,17+,21?,22-/m0/s1. The fourth-order valence-corrected chi connectivity index (χ4v) is 5.63. The van der Waals surface area contributed by atoms with Crippen LogP contribution in [-0.4, -0.2) is 59.4 Å². The molecule has 0 spiro atoms. The molecule has 2 aliphatic heterocycles. The molecular formula is C22H33NO8Si. The van der Waals surface area contributed by atoms with E-state index in [1.165, 1.54) is 21.3 Å². The Morgan fingerprint density at radius 1 is 1.16 bits per heavy atom. The van der Waals surface area contributed by atoms with E-state index in [1.54, 1.807) is 0 Å². The summed E-state index contributed by atoms with van der Waals surface area (Å²) in [6, 6.07) is 2.18. The van der Waals surface area contributed by atoms with Gasteiger partial charge in [0, 0.05) is 6.42 Å². The minimum absolute atomic E-state index is 0.0808. The molecule has 9 nitrogen and oxygen atoms in total. The van der Waals surface area contributed by atoms with E-state index in [1.807, 2.05) is 33.9 Å². The summed E-state index contributed by atoms with van der Waals surface area (Å²) in [5.41, 5.74) is -1.32.